The molecule has 154 valence electrons. The fourth-order valence-electron chi connectivity index (χ4n) is 3.04. The van der Waals surface area contributed by atoms with Crippen LogP contribution in [0.3, 0.4) is 0 Å². The molecule has 0 aliphatic rings. The molecule has 10 heteroatoms. The van der Waals surface area contributed by atoms with Gasteiger partial charge >= 0.3 is 12.2 Å². The van der Waals surface area contributed by atoms with Gasteiger partial charge in [0.2, 0.25) is 5.89 Å². The highest BCUT2D eigenvalue weighted by atomic mass is 79.9. The lowest BCUT2D eigenvalue weighted by Gasteiger charge is -2.11. The molecule has 2 aromatic carbocycles. The van der Waals surface area contributed by atoms with Gasteiger partial charge in [-0.05, 0) is 47.1 Å². The molecule has 0 aliphatic carbocycles. The van der Waals surface area contributed by atoms with Gasteiger partial charge in [0.1, 0.15) is 6.26 Å². The van der Waals surface area contributed by atoms with Crippen LogP contribution in [-0.2, 0) is 6.18 Å². The van der Waals surface area contributed by atoms with Gasteiger partial charge in [0.15, 0.2) is 5.69 Å². The van der Waals surface area contributed by atoms with E-state index in [0.29, 0.717) is 34.9 Å². The largest absolute Gasteiger partial charge is 0.444 e. The number of oxazole rings is 1. The van der Waals surface area contributed by atoms with Crippen LogP contribution in [0.15, 0.2) is 51.6 Å². The molecule has 6 nitrogen and oxygen atoms in total. The van der Waals surface area contributed by atoms with Crippen LogP contribution in [0.25, 0.3) is 33.3 Å². The Kier molecular flexibility index (Phi) is 5.10. The predicted octanol–water partition coefficient (Wildman–Crippen LogP) is 5.97. The third-order valence-electron chi connectivity index (χ3n) is 4.31. The number of benzene rings is 2. The van der Waals surface area contributed by atoms with Gasteiger partial charge in [-0.25, -0.2) is 14.8 Å². The monoisotopic (exact) mass is 478 g/mol. The molecule has 0 fully saturated rings. The first kappa shape index (κ1) is 20.1. The van der Waals surface area contributed by atoms with Crippen molar-refractivity contribution in [1.82, 2.24) is 15.3 Å². The Morgan fingerprint density at radius 2 is 1.93 bits per heavy atom. The van der Waals surface area contributed by atoms with Crippen LogP contribution in [0.2, 0.25) is 0 Å². The first-order valence-corrected chi connectivity index (χ1v) is 9.66. The Hall–Kier alpha value is -3.14. The Balaban J connectivity index is 1.95. The van der Waals surface area contributed by atoms with Crippen LogP contribution < -0.4 is 10.6 Å². The molecule has 2 N–H and O–H groups in total. The molecule has 30 heavy (non-hydrogen) atoms. The number of hydrogen-bond acceptors (Lipinski definition) is 4. The number of halogens is 4. The maximum absolute atomic E-state index is 13.0. The van der Waals surface area contributed by atoms with Gasteiger partial charge in [-0.2, -0.15) is 13.2 Å². The summed E-state index contributed by atoms with van der Waals surface area (Å²) in [6.07, 6.45) is -4.08. The number of alkyl halides is 3. The SMILES string of the molecule is CCNC(=O)Nc1cc(-c2nc(C(F)(F)F)co2)c2nc3c(Br)cccc3cc2c1. The minimum atomic E-state index is -4.64. The molecule has 0 radical (unpaired) electrons. The number of nitrogens with zero attached hydrogens (tertiary/aromatic N) is 2. The number of rotatable bonds is 3. The van der Waals surface area contributed by atoms with Gasteiger partial charge in [-0.15, -0.1) is 0 Å². The van der Waals surface area contributed by atoms with Crippen molar-refractivity contribution >= 4 is 49.5 Å². The molecule has 4 aromatic rings. The Labute approximate surface area is 176 Å². The molecule has 0 atom stereocenters. The van der Waals surface area contributed by atoms with E-state index in [1.807, 2.05) is 24.3 Å². The third-order valence-corrected chi connectivity index (χ3v) is 4.95. The minimum Gasteiger partial charge on any atom is -0.444 e. The summed E-state index contributed by atoms with van der Waals surface area (Å²) in [6.45, 7) is 2.19. The third kappa shape index (κ3) is 3.82. The van der Waals surface area contributed by atoms with Crippen molar-refractivity contribution in [2.45, 2.75) is 13.1 Å². The smallest absolute Gasteiger partial charge is 0.436 e. The molecule has 0 spiro atoms. The number of pyridine rings is 1. The van der Waals surface area contributed by atoms with Crippen molar-refractivity contribution in [1.29, 1.82) is 0 Å². The predicted molar refractivity (Wildman–Crippen MR) is 110 cm³/mol. The number of carbonyl (C=O) groups is 1. The number of aromatic nitrogens is 2. The first-order chi connectivity index (χ1) is 14.3. The molecule has 2 amide bonds. The van der Waals surface area contributed by atoms with Crippen LogP contribution >= 0.6 is 15.9 Å². The Morgan fingerprint density at radius 1 is 1.13 bits per heavy atom. The van der Waals surface area contributed by atoms with Crippen LogP contribution in [-0.4, -0.2) is 22.5 Å². The number of urea groups is 1. The molecule has 0 saturated heterocycles. The molecule has 0 unspecified atom stereocenters. The molecular weight excluding hydrogens is 465 g/mol. The van der Waals surface area contributed by atoms with Crippen LogP contribution in [0, 0.1) is 0 Å². The van der Waals surface area contributed by atoms with E-state index in [1.54, 1.807) is 13.0 Å². The van der Waals surface area contributed by atoms with E-state index in [9.17, 15) is 18.0 Å². The summed E-state index contributed by atoms with van der Waals surface area (Å²) in [5.41, 5.74) is 0.484. The lowest BCUT2D eigenvalue weighted by Crippen LogP contribution is -2.28. The molecule has 4 rings (SSSR count). The van der Waals surface area contributed by atoms with Gasteiger partial charge in [-0.1, -0.05) is 12.1 Å². The summed E-state index contributed by atoms with van der Waals surface area (Å²) in [6, 6.07) is 10.1. The number of amides is 2. The summed E-state index contributed by atoms with van der Waals surface area (Å²) >= 11 is 3.44. The molecule has 0 saturated carbocycles. The number of hydrogen-bond donors (Lipinski definition) is 2. The lowest BCUT2D eigenvalue weighted by molar-refractivity contribution is -0.141. The fraction of sp³-hybridized carbons (Fsp3) is 0.150. The van der Waals surface area contributed by atoms with Crippen LogP contribution in [0.5, 0.6) is 0 Å². The van der Waals surface area contributed by atoms with E-state index < -0.39 is 17.9 Å². The summed E-state index contributed by atoms with van der Waals surface area (Å²) in [4.78, 5) is 20.2. The summed E-state index contributed by atoms with van der Waals surface area (Å²) < 4.78 is 44.9. The highest BCUT2D eigenvalue weighted by Crippen LogP contribution is 2.36. The van der Waals surface area contributed by atoms with Crippen molar-refractivity contribution in [3.8, 4) is 11.5 Å². The molecule has 2 aromatic heterocycles. The summed E-state index contributed by atoms with van der Waals surface area (Å²) in [5, 5.41) is 6.69. The molecule has 2 heterocycles. The van der Waals surface area contributed by atoms with E-state index in [2.05, 4.69) is 36.5 Å². The standard InChI is InChI=1S/C20H14BrF3N4O2/c1-2-25-19(29)26-12-7-11-6-10-4-3-5-14(21)17(10)28-16(11)13(8-12)18-27-15(9-30-18)20(22,23)24/h3-9H,2H2,1H3,(H2,25,26,29). The van der Waals surface area contributed by atoms with E-state index in [0.717, 1.165) is 9.86 Å². The zero-order valence-electron chi connectivity index (χ0n) is 15.5. The van der Waals surface area contributed by atoms with Crippen LogP contribution in [0.4, 0.5) is 23.7 Å². The van der Waals surface area contributed by atoms with Crippen molar-refractivity contribution in [2.75, 3.05) is 11.9 Å². The van der Waals surface area contributed by atoms with E-state index in [4.69, 9.17) is 4.42 Å². The number of carbonyl (C=O) groups excluding carboxylic acids is 1. The molecule has 0 aliphatic heterocycles. The topological polar surface area (TPSA) is 80.0 Å². The van der Waals surface area contributed by atoms with E-state index >= 15 is 0 Å². The maximum Gasteiger partial charge on any atom is 0.436 e. The Bertz CT molecular complexity index is 1270. The minimum absolute atomic E-state index is 0.229. The van der Waals surface area contributed by atoms with Gasteiger partial charge in [-0.3, -0.25) is 0 Å². The van der Waals surface area contributed by atoms with Crippen molar-refractivity contribution in [3.05, 3.63) is 52.8 Å². The van der Waals surface area contributed by atoms with Crippen molar-refractivity contribution < 1.29 is 22.4 Å². The summed E-state index contributed by atoms with van der Waals surface area (Å²) in [5.74, 6) is -0.245. The van der Waals surface area contributed by atoms with Crippen molar-refractivity contribution in [2.24, 2.45) is 0 Å². The highest BCUT2D eigenvalue weighted by molar-refractivity contribution is 9.10. The van der Waals surface area contributed by atoms with Crippen LogP contribution in [0.1, 0.15) is 12.6 Å². The normalized spacial score (nSPS) is 11.8. The van der Waals surface area contributed by atoms with Gasteiger partial charge in [0, 0.05) is 27.5 Å². The second-order valence-electron chi connectivity index (χ2n) is 6.42. The quantitative estimate of drug-likeness (QED) is 0.355. The highest BCUT2D eigenvalue weighted by Gasteiger charge is 2.35. The number of fused-ring (bicyclic) bond motifs is 2. The van der Waals surface area contributed by atoms with Gasteiger partial charge < -0.3 is 15.1 Å². The van der Waals surface area contributed by atoms with E-state index in [1.165, 1.54) is 6.07 Å². The van der Waals surface area contributed by atoms with Gasteiger partial charge in [0.05, 0.1) is 16.6 Å². The average molecular weight is 479 g/mol. The second kappa shape index (κ2) is 7.60. The second-order valence-corrected chi connectivity index (χ2v) is 7.27. The number of anilines is 1. The number of para-hydroxylation sites is 1. The average Bonchev–Trinajstić information content (AvgIpc) is 3.17. The van der Waals surface area contributed by atoms with Gasteiger partial charge in [0.25, 0.3) is 0 Å². The lowest BCUT2D eigenvalue weighted by atomic mass is 10.1. The fourth-order valence-corrected chi connectivity index (χ4v) is 3.51. The zero-order valence-corrected chi connectivity index (χ0v) is 17.1. The van der Waals surface area contributed by atoms with Crippen molar-refractivity contribution in [3.63, 3.8) is 0 Å². The summed E-state index contributed by atoms with van der Waals surface area (Å²) in [7, 11) is 0. The molecule has 0 bridgehead atoms. The number of nitrogens with one attached hydrogen (secondary N) is 2. The maximum atomic E-state index is 13.0. The Morgan fingerprint density at radius 3 is 2.63 bits per heavy atom. The first-order valence-electron chi connectivity index (χ1n) is 8.87. The molecular formula is C20H14BrF3N4O2. The zero-order chi connectivity index (χ0) is 21.5. The van der Waals surface area contributed by atoms with E-state index in [-0.39, 0.29) is 11.5 Å².